The van der Waals surface area contributed by atoms with Gasteiger partial charge in [0.05, 0.1) is 11.6 Å². The number of hydrogen-bond donors (Lipinski definition) is 2. The van der Waals surface area contributed by atoms with Crippen molar-refractivity contribution in [1.82, 2.24) is 4.98 Å². The second kappa shape index (κ2) is 7.43. The smallest absolute Gasteiger partial charge is 0.368 e. The number of aromatic nitrogens is 1. The van der Waals surface area contributed by atoms with Gasteiger partial charge < -0.3 is 11.5 Å². The van der Waals surface area contributed by atoms with E-state index in [4.69, 9.17) is 11.5 Å². The molecule has 2 rings (SSSR count). The van der Waals surface area contributed by atoms with Crippen molar-refractivity contribution in [2.45, 2.75) is 18.6 Å². The van der Waals surface area contributed by atoms with Gasteiger partial charge >= 0.3 is 6.18 Å². The Bertz CT molecular complexity index is 674. The number of carbonyl (C=O) groups is 1. The maximum Gasteiger partial charge on any atom is 0.416 e. The third kappa shape index (κ3) is 4.94. The van der Waals surface area contributed by atoms with E-state index >= 15 is 0 Å². The van der Waals surface area contributed by atoms with Crippen LogP contribution in [0.3, 0.4) is 0 Å². The number of benzene rings is 1. The molecule has 4 nitrogen and oxygen atoms in total. The Kier molecular flexibility index (Phi) is 6.12. The van der Waals surface area contributed by atoms with Gasteiger partial charge in [0.15, 0.2) is 0 Å². The van der Waals surface area contributed by atoms with E-state index in [1.807, 2.05) is 0 Å². The average Bonchev–Trinajstić information content (AvgIpc) is 2.46. The number of rotatable bonds is 4. The van der Waals surface area contributed by atoms with Crippen molar-refractivity contribution >= 4 is 18.3 Å². The van der Waals surface area contributed by atoms with Crippen LogP contribution in [0.15, 0.2) is 42.6 Å². The predicted octanol–water partition coefficient (Wildman–Crippen LogP) is 2.54. The summed E-state index contributed by atoms with van der Waals surface area (Å²) in [6.45, 7) is 0. The molecule has 124 valence electrons. The lowest BCUT2D eigenvalue weighted by Crippen LogP contribution is -2.38. The van der Waals surface area contributed by atoms with Crippen LogP contribution in [0.1, 0.15) is 11.3 Å². The van der Waals surface area contributed by atoms with Crippen molar-refractivity contribution < 1.29 is 18.0 Å². The summed E-state index contributed by atoms with van der Waals surface area (Å²) in [6, 6.07) is 7.30. The van der Waals surface area contributed by atoms with Crippen molar-refractivity contribution in [3.63, 3.8) is 0 Å². The van der Waals surface area contributed by atoms with Crippen molar-refractivity contribution in [1.29, 1.82) is 0 Å². The lowest BCUT2D eigenvalue weighted by molar-refractivity contribution is -0.137. The van der Waals surface area contributed by atoms with Gasteiger partial charge in [-0.1, -0.05) is 12.1 Å². The molecule has 1 heterocycles. The molecule has 0 saturated heterocycles. The van der Waals surface area contributed by atoms with Crippen LogP contribution in [0.2, 0.25) is 0 Å². The summed E-state index contributed by atoms with van der Waals surface area (Å²) >= 11 is 0. The molecule has 0 spiro atoms. The number of nitrogens with zero attached hydrogens (tertiary/aromatic N) is 1. The first-order valence-corrected chi connectivity index (χ1v) is 6.45. The van der Waals surface area contributed by atoms with Crippen molar-refractivity contribution in [2.24, 2.45) is 11.5 Å². The van der Waals surface area contributed by atoms with Crippen molar-refractivity contribution in [3.05, 3.63) is 53.9 Å². The third-order valence-corrected chi connectivity index (χ3v) is 3.16. The van der Waals surface area contributed by atoms with Crippen LogP contribution in [0, 0.1) is 0 Å². The molecule has 2 aromatic rings. The SMILES string of the molecule is Cl.NC(=O)C(N)Cc1cc(-c2ccc(C(F)(F)F)cc2)ccn1. The second-order valence-electron chi connectivity index (χ2n) is 4.82. The van der Waals surface area contributed by atoms with Gasteiger partial charge in [0.25, 0.3) is 0 Å². The monoisotopic (exact) mass is 345 g/mol. The molecule has 0 aliphatic carbocycles. The van der Waals surface area contributed by atoms with Gasteiger partial charge in [-0.2, -0.15) is 13.2 Å². The summed E-state index contributed by atoms with van der Waals surface area (Å²) in [5, 5.41) is 0. The minimum atomic E-state index is -4.36. The number of pyridine rings is 1. The number of hydrogen-bond acceptors (Lipinski definition) is 3. The lowest BCUT2D eigenvalue weighted by Gasteiger charge is -2.10. The molecule has 4 N–H and O–H groups in total. The lowest BCUT2D eigenvalue weighted by atomic mass is 10.0. The summed E-state index contributed by atoms with van der Waals surface area (Å²) in [7, 11) is 0. The molecule has 1 amide bonds. The van der Waals surface area contributed by atoms with Crippen LogP contribution >= 0.6 is 12.4 Å². The van der Waals surface area contributed by atoms with E-state index in [1.54, 1.807) is 12.1 Å². The molecule has 1 unspecified atom stereocenters. The van der Waals surface area contributed by atoms with Gasteiger partial charge in [-0.15, -0.1) is 12.4 Å². The molecule has 23 heavy (non-hydrogen) atoms. The molecule has 1 aromatic carbocycles. The minimum Gasteiger partial charge on any atom is -0.368 e. The average molecular weight is 346 g/mol. The summed E-state index contributed by atoms with van der Waals surface area (Å²) < 4.78 is 37.6. The van der Waals surface area contributed by atoms with E-state index in [9.17, 15) is 18.0 Å². The highest BCUT2D eigenvalue weighted by atomic mass is 35.5. The summed E-state index contributed by atoms with van der Waals surface area (Å²) in [4.78, 5) is 15.0. The molecule has 0 saturated carbocycles. The fourth-order valence-corrected chi connectivity index (χ4v) is 1.95. The largest absolute Gasteiger partial charge is 0.416 e. The molecule has 0 aliphatic heterocycles. The first-order valence-electron chi connectivity index (χ1n) is 6.45. The zero-order valence-corrected chi connectivity index (χ0v) is 12.7. The molecule has 0 aliphatic rings. The highest BCUT2D eigenvalue weighted by Crippen LogP contribution is 2.31. The number of carbonyl (C=O) groups excluding carboxylic acids is 1. The Morgan fingerprint density at radius 2 is 1.74 bits per heavy atom. The Hall–Kier alpha value is -2.12. The molecule has 0 fully saturated rings. The topological polar surface area (TPSA) is 82.0 Å². The standard InChI is InChI=1S/C15H14F3N3O.ClH/c16-15(17,18)11-3-1-9(2-4-11)10-5-6-21-12(7-10)8-13(19)14(20)22;/h1-7,13H,8,19H2,(H2,20,22);1H. The van der Waals surface area contributed by atoms with Crippen LogP contribution in [0.5, 0.6) is 0 Å². The van der Waals surface area contributed by atoms with E-state index in [1.165, 1.54) is 18.3 Å². The summed E-state index contributed by atoms with van der Waals surface area (Å²) in [5.74, 6) is -0.637. The quantitative estimate of drug-likeness (QED) is 0.893. The minimum absolute atomic E-state index is 0. The van der Waals surface area contributed by atoms with E-state index in [0.29, 0.717) is 16.8 Å². The summed E-state index contributed by atoms with van der Waals surface area (Å²) in [6.07, 6.45) is -2.68. The van der Waals surface area contributed by atoms with Gasteiger partial charge in [0, 0.05) is 18.3 Å². The van der Waals surface area contributed by atoms with Crippen LogP contribution < -0.4 is 11.5 Å². The van der Waals surface area contributed by atoms with Crippen molar-refractivity contribution in [2.75, 3.05) is 0 Å². The van der Waals surface area contributed by atoms with Gasteiger partial charge in [-0.3, -0.25) is 9.78 Å². The van der Waals surface area contributed by atoms with Gasteiger partial charge in [-0.05, 0) is 35.4 Å². The van der Waals surface area contributed by atoms with Crippen LogP contribution in [0.25, 0.3) is 11.1 Å². The predicted molar refractivity (Wildman–Crippen MR) is 82.8 cm³/mol. The maximum atomic E-state index is 12.5. The molecule has 0 bridgehead atoms. The normalized spacial score (nSPS) is 12.3. The number of alkyl halides is 3. The molecular weight excluding hydrogens is 331 g/mol. The molecule has 8 heteroatoms. The molecule has 1 aromatic heterocycles. The van der Waals surface area contributed by atoms with Crippen LogP contribution in [-0.2, 0) is 17.4 Å². The molecule has 0 radical (unpaired) electrons. The Morgan fingerprint density at radius 1 is 1.13 bits per heavy atom. The van der Waals surface area contributed by atoms with E-state index in [-0.39, 0.29) is 18.8 Å². The number of primary amides is 1. The zero-order chi connectivity index (χ0) is 16.3. The fraction of sp³-hybridized carbons (Fsp3) is 0.200. The first kappa shape index (κ1) is 18.9. The Morgan fingerprint density at radius 3 is 2.26 bits per heavy atom. The fourth-order valence-electron chi connectivity index (χ4n) is 1.95. The van der Waals surface area contributed by atoms with Crippen LogP contribution in [-0.4, -0.2) is 16.9 Å². The second-order valence-corrected chi connectivity index (χ2v) is 4.82. The van der Waals surface area contributed by atoms with E-state index in [2.05, 4.69) is 4.98 Å². The summed E-state index contributed by atoms with van der Waals surface area (Å²) in [5.41, 5.74) is 11.8. The van der Waals surface area contributed by atoms with Gasteiger partial charge in [0.2, 0.25) is 5.91 Å². The van der Waals surface area contributed by atoms with E-state index in [0.717, 1.165) is 12.1 Å². The zero-order valence-electron chi connectivity index (χ0n) is 11.9. The molecular formula is C15H15ClF3N3O. The van der Waals surface area contributed by atoms with Crippen LogP contribution in [0.4, 0.5) is 13.2 Å². The first-order chi connectivity index (χ1) is 10.3. The Balaban J connectivity index is 0.00000264. The van der Waals surface area contributed by atoms with Gasteiger partial charge in [0.1, 0.15) is 0 Å². The highest BCUT2D eigenvalue weighted by molar-refractivity contribution is 5.85. The maximum absolute atomic E-state index is 12.5. The van der Waals surface area contributed by atoms with E-state index < -0.39 is 23.7 Å². The van der Waals surface area contributed by atoms with Gasteiger partial charge in [-0.25, -0.2) is 0 Å². The Labute approximate surface area is 137 Å². The molecule has 1 atom stereocenters. The third-order valence-electron chi connectivity index (χ3n) is 3.16. The number of amides is 1. The number of halogens is 4. The highest BCUT2D eigenvalue weighted by Gasteiger charge is 2.29. The van der Waals surface area contributed by atoms with Crippen molar-refractivity contribution in [3.8, 4) is 11.1 Å². The number of nitrogens with two attached hydrogens (primary N) is 2.